The van der Waals surface area contributed by atoms with Crippen LogP contribution in [0.5, 0.6) is 0 Å². The Balaban J connectivity index is 1.94. The van der Waals surface area contributed by atoms with E-state index in [1.165, 1.54) is 5.56 Å². The fraction of sp³-hybridized carbons (Fsp3) is 0.500. The van der Waals surface area contributed by atoms with Crippen molar-refractivity contribution in [2.24, 2.45) is 5.92 Å². The molecule has 1 aliphatic heterocycles. The smallest absolute Gasteiger partial charge is 0.306 e. The summed E-state index contributed by atoms with van der Waals surface area (Å²) in [4.78, 5) is 25.0. The van der Waals surface area contributed by atoms with E-state index in [4.69, 9.17) is 5.11 Å². The minimum absolute atomic E-state index is 0.106. The molecule has 0 bridgehead atoms. The maximum atomic E-state index is 12.3. The van der Waals surface area contributed by atoms with Crippen LogP contribution < -0.4 is 0 Å². The van der Waals surface area contributed by atoms with Crippen molar-refractivity contribution in [1.29, 1.82) is 0 Å². The van der Waals surface area contributed by atoms with Crippen molar-refractivity contribution in [2.45, 2.75) is 32.6 Å². The lowest BCUT2D eigenvalue weighted by atomic mass is 9.96. The van der Waals surface area contributed by atoms with Crippen LogP contribution in [0.2, 0.25) is 0 Å². The molecule has 1 aliphatic rings. The average molecular weight is 275 g/mol. The number of carbonyl (C=O) groups is 2. The number of piperidine rings is 1. The number of rotatable bonds is 4. The number of aryl methyl sites for hydroxylation is 1. The normalized spacial score (nSPS) is 16.1. The van der Waals surface area contributed by atoms with Gasteiger partial charge in [-0.05, 0) is 30.4 Å². The first-order chi connectivity index (χ1) is 9.61. The van der Waals surface area contributed by atoms with Crippen molar-refractivity contribution < 1.29 is 14.7 Å². The van der Waals surface area contributed by atoms with Crippen LogP contribution in [-0.2, 0) is 22.4 Å². The van der Waals surface area contributed by atoms with Gasteiger partial charge in [-0.1, -0.05) is 31.2 Å². The highest BCUT2D eigenvalue weighted by atomic mass is 16.4. The zero-order valence-electron chi connectivity index (χ0n) is 11.8. The topological polar surface area (TPSA) is 57.6 Å². The van der Waals surface area contributed by atoms with Crippen molar-refractivity contribution in [3.63, 3.8) is 0 Å². The van der Waals surface area contributed by atoms with Crippen molar-refractivity contribution in [2.75, 3.05) is 13.1 Å². The van der Waals surface area contributed by atoms with Crippen LogP contribution in [0.15, 0.2) is 24.3 Å². The molecule has 108 valence electrons. The van der Waals surface area contributed by atoms with Crippen molar-refractivity contribution >= 4 is 11.9 Å². The molecule has 4 heteroatoms. The van der Waals surface area contributed by atoms with Crippen LogP contribution in [0.3, 0.4) is 0 Å². The first-order valence-electron chi connectivity index (χ1n) is 7.19. The van der Waals surface area contributed by atoms with Crippen LogP contribution in [0.4, 0.5) is 0 Å². The molecular formula is C16H21NO3. The Morgan fingerprint density at radius 1 is 1.20 bits per heavy atom. The zero-order valence-corrected chi connectivity index (χ0v) is 11.8. The molecule has 0 atom stereocenters. The average Bonchev–Trinajstić information content (AvgIpc) is 2.48. The number of carbonyl (C=O) groups excluding carboxylic acids is 1. The quantitative estimate of drug-likeness (QED) is 0.915. The Morgan fingerprint density at radius 3 is 2.35 bits per heavy atom. The van der Waals surface area contributed by atoms with E-state index in [0.29, 0.717) is 32.4 Å². The van der Waals surface area contributed by atoms with Crippen molar-refractivity contribution in [3.05, 3.63) is 35.4 Å². The summed E-state index contributed by atoms with van der Waals surface area (Å²) in [5.74, 6) is -0.926. The SMILES string of the molecule is CCc1ccccc1CC(=O)N1CCC(C(=O)O)CC1. The Labute approximate surface area is 119 Å². The molecule has 1 aromatic carbocycles. The van der Waals surface area contributed by atoms with Gasteiger partial charge >= 0.3 is 5.97 Å². The maximum absolute atomic E-state index is 12.3. The van der Waals surface area contributed by atoms with Gasteiger partial charge in [0.1, 0.15) is 0 Å². The molecule has 0 aliphatic carbocycles. The molecule has 4 nitrogen and oxygen atoms in total. The second kappa shape index (κ2) is 6.55. The highest BCUT2D eigenvalue weighted by Gasteiger charge is 2.26. The van der Waals surface area contributed by atoms with Crippen molar-refractivity contribution in [1.82, 2.24) is 4.90 Å². The minimum Gasteiger partial charge on any atom is -0.481 e. The predicted molar refractivity (Wildman–Crippen MR) is 76.5 cm³/mol. The number of hydrogen-bond acceptors (Lipinski definition) is 2. The first kappa shape index (κ1) is 14.6. The Morgan fingerprint density at radius 2 is 1.80 bits per heavy atom. The summed E-state index contributed by atoms with van der Waals surface area (Å²) in [5.41, 5.74) is 2.29. The van der Waals surface area contributed by atoms with Crippen LogP contribution in [0, 0.1) is 5.92 Å². The number of hydrogen-bond donors (Lipinski definition) is 1. The lowest BCUT2D eigenvalue weighted by Crippen LogP contribution is -2.41. The van der Waals surface area contributed by atoms with Gasteiger partial charge in [0.05, 0.1) is 12.3 Å². The number of amides is 1. The van der Waals surface area contributed by atoms with E-state index in [9.17, 15) is 9.59 Å². The number of aliphatic carboxylic acids is 1. The van der Waals surface area contributed by atoms with E-state index in [1.54, 1.807) is 4.90 Å². The predicted octanol–water partition coefficient (Wildman–Crippen LogP) is 2.11. The van der Waals surface area contributed by atoms with Gasteiger partial charge in [-0.25, -0.2) is 0 Å². The van der Waals surface area contributed by atoms with Gasteiger partial charge in [0, 0.05) is 13.1 Å². The summed E-state index contributed by atoms with van der Waals surface area (Å²) in [6.07, 6.45) is 2.47. The zero-order chi connectivity index (χ0) is 14.5. The molecule has 0 spiro atoms. The number of carboxylic acid groups (broad SMARTS) is 1. The van der Waals surface area contributed by atoms with Crippen LogP contribution in [0.25, 0.3) is 0 Å². The van der Waals surface area contributed by atoms with Gasteiger partial charge in [-0.15, -0.1) is 0 Å². The Hall–Kier alpha value is -1.84. The highest BCUT2D eigenvalue weighted by molar-refractivity contribution is 5.79. The van der Waals surface area contributed by atoms with E-state index in [-0.39, 0.29) is 11.8 Å². The minimum atomic E-state index is -0.742. The Kier molecular flexibility index (Phi) is 4.77. The summed E-state index contributed by atoms with van der Waals surface area (Å²) >= 11 is 0. The van der Waals surface area contributed by atoms with Crippen molar-refractivity contribution in [3.8, 4) is 0 Å². The van der Waals surface area contributed by atoms with E-state index in [2.05, 4.69) is 13.0 Å². The standard InChI is InChI=1S/C16H21NO3/c1-2-12-5-3-4-6-14(12)11-15(18)17-9-7-13(8-10-17)16(19)20/h3-6,13H,2,7-11H2,1H3,(H,19,20). The lowest BCUT2D eigenvalue weighted by Gasteiger charge is -2.30. The van der Waals surface area contributed by atoms with Gasteiger partial charge in [0.2, 0.25) is 5.91 Å². The second-order valence-electron chi connectivity index (χ2n) is 5.29. The highest BCUT2D eigenvalue weighted by Crippen LogP contribution is 2.19. The number of carboxylic acids is 1. The number of nitrogens with zero attached hydrogens (tertiary/aromatic N) is 1. The third-order valence-electron chi connectivity index (χ3n) is 4.04. The molecule has 2 rings (SSSR count). The number of likely N-dealkylation sites (tertiary alicyclic amines) is 1. The van der Waals surface area contributed by atoms with Gasteiger partial charge in [-0.2, -0.15) is 0 Å². The van der Waals surface area contributed by atoms with E-state index < -0.39 is 5.97 Å². The molecule has 0 aromatic heterocycles. The second-order valence-corrected chi connectivity index (χ2v) is 5.29. The van der Waals surface area contributed by atoms with Gasteiger partial charge < -0.3 is 10.0 Å². The molecule has 20 heavy (non-hydrogen) atoms. The molecule has 0 unspecified atom stereocenters. The maximum Gasteiger partial charge on any atom is 0.306 e. The van der Waals surface area contributed by atoms with E-state index >= 15 is 0 Å². The lowest BCUT2D eigenvalue weighted by molar-refractivity contribution is -0.145. The molecule has 1 aromatic rings. The number of benzene rings is 1. The van der Waals surface area contributed by atoms with Crippen LogP contribution in [-0.4, -0.2) is 35.0 Å². The third kappa shape index (κ3) is 3.38. The molecule has 1 heterocycles. The molecule has 1 amide bonds. The third-order valence-corrected chi connectivity index (χ3v) is 4.04. The van der Waals surface area contributed by atoms with Gasteiger partial charge in [0.25, 0.3) is 0 Å². The first-order valence-corrected chi connectivity index (χ1v) is 7.19. The molecule has 0 saturated carbocycles. The molecule has 1 N–H and O–H groups in total. The largest absolute Gasteiger partial charge is 0.481 e. The summed E-state index contributed by atoms with van der Waals surface area (Å²) in [6, 6.07) is 8.00. The fourth-order valence-electron chi connectivity index (χ4n) is 2.73. The Bertz CT molecular complexity index is 490. The van der Waals surface area contributed by atoms with Crippen LogP contribution >= 0.6 is 0 Å². The molecule has 1 saturated heterocycles. The van der Waals surface area contributed by atoms with Crippen LogP contribution in [0.1, 0.15) is 30.9 Å². The summed E-state index contributed by atoms with van der Waals surface area (Å²) in [7, 11) is 0. The van der Waals surface area contributed by atoms with E-state index in [0.717, 1.165) is 12.0 Å². The fourth-order valence-corrected chi connectivity index (χ4v) is 2.73. The molecule has 0 radical (unpaired) electrons. The monoisotopic (exact) mass is 275 g/mol. The molecule has 1 fully saturated rings. The summed E-state index contributed by atoms with van der Waals surface area (Å²) in [6.45, 7) is 3.20. The summed E-state index contributed by atoms with van der Waals surface area (Å²) < 4.78 is 0. The van der Waals surface area contributed by atoms with E-state index in [1.807, 2.05) is 18.2 Å². The molecular weight excluding hydrogens is 254 g/mol. The summed E-state index contributed by atoms with van der Waals surface area (Å²) in [5, 5.41) is 8.96. The van der Waals surface area contributed by atoms with Gasteiger partial charge in [0.15, 0.2) is 0 Å². The van der Waals surface area contributed by atoms with Gasteiger partial charge in [-0.3, -0.25) is 9.59 Å².